The predicted molar refractivity (Wildman–Crippen MR) is 121 cm³/mol. The van der Waals surface area contributed by atoms with Gasteiger partial charge in [0.05, 0.1) is 17.4 Å². The van der Waals surface area contributed by atoms with E-state index in [1.807, 2.05) is 4.90 Å². The summed E-state index contributed by atoms with van der Waals surface area (Å²) in [4.78, 5) is 27.2. The Morgan fingerprint density at radius 2 is 1.87 bits per heavy atom. The third-order valence-electron chi connectivity index (χ3n) is 5.77. The zero-order valence-electron chi connectivity index (χ0n) is 19.1. The van der Waals surface area contributed by atoms with Crippen LogP contribution in [0.25, 0.3) is 0 Å². The van der Waals surface area contributed by atoms with E-state index in [-0.39, 0.29) is 41.8 Å². The van der Waals surface area contributed by atoms with Crippen LogP contribution in [0.2, 0.25) is 0 Å². The molecule has 1 fully saturated rings. The average molecular weight is 453 g/mol. The highest BCUT2D eigenvalue weighted by molar-refractivity contribution is 7.89. The highest BCUT2D eigenvalue weighted by Gasteiger charge is 2.30. The van der Waals surface area contributed by atoms with E-state index in [1.54, 1.807) is 24.3 Å². The fourth-order valence-corrected chi connectivity index (χ4v) is 4.79. The first-order valence-corrected chi connectivity index (χ1v) is 12.4. The molecule has 1 heterocycles. The number of hydrogen-bond donors (Lipinski definition) is 2. The van der Waals surface area contributed by atoms with E-state index in [0.717, 1.165) is 30.0 Å². The van der Waals surface area contributed by atoms with Crippen molar-refractivity contribution in [2.24, 2.45) is 5.92 Å². The van der Waals surface area contributed by atoms with E-state index in [4.69, 9.17) is 0 Å². The molecule has 0 spiro atoms. The molecule has 1 saturated heterocycles. The summed E-state index contributed by atoms with van der Waals surface area (Å²) in [7, 11) is -0.624. The van der Waals surface area contributed by atoms with Crippen LogP contribution in [0.1, 0.15) is 45.1 Å². The molecule has 2 amide bonds. The van der Waals surface area contributed by atoms with Gasteiger partial charge in [0.15, 0.2) is 0 Å². The molecular weight excluding hydrogens is 416 g/mol. The van der Waals surface area contributed by atoms with Gasteiger partial charge in [-0.3, -0.25) is 14.5 Å². The van der Waals surface area contributed by atoms with Crippen molar-refractivity contribution in [1.82, 2.24) is 19.8 Å². The third kappa shape index (κ3) is 7.02. The van der Waals surface area contributed by atoms with Crippen molar-refractivity contribution in [2.45, 2.75) is 57.0 Å². The van der Waals surface area contributed by atoms with Gasteiger partial charge < -0.3 is 10.6 Å². The molecule has 31 heavy (non-hydrogen) atoms. The van der Waals surface area contributed by atoms with Crippen molar-refractivity contribution < 1.29 is 18.0 Å². The Kier molecular flexibility index (Phi) is 9.46. The first kappa shape index (κ1) is 25.3. The molecule has 2 unspecified atom stereocenters. The van der Waals surface area contributed by atoms with Crippen molar-refractivity contribution in [2.75, 3.05) is 33.7 Å². The number of carbonyl (C=O) groups is 2. The van der Waals surface area contributed by atoms with Gasteiger partial charge in [-0.25, -0.2) is 12.7 Å². The molecule has 1 aliphatic heterocycles. The maximum atomic E-state index is 12.6. The second kappa shape index (κ2) is 11.6. The molecule has 0 bridgehead atoms. The molecule has 1 aromatic rings. The van der Waals surface area contributed by atoms with E-state index in [2.05, 4.69) is 24.5 Å². The SMILES string of the molecule is CCCCNC(=O)C1CCC(C)N(CC(=O)NCc2ccccc2S(=O)(=O)N(C)C)C1. The molecule has 2 rings (SSSR count). The fraction of sp³-hybridized carbons (Fsp3) is 0.636. The van der Waals surface area contributed by atoms with Crippen LogP contribution < -0.4 is 10.6 Å². The molecule has 0 aromatic heterocycles. The highest BCUT2D eigenvalue weighted by Crippen LogP contribution is 2.22. The molecule has 2 N–H and O–H groups in total. The maximum Gasteiger partial charge on any atom is 0.242 e. The predicted octanol–water partition coefficient (Wildman–Crippen LogP) is 1.57. The lowest BCUT2D eigenvalue weighted by Crippen LogP contribution is -2.50. The van der Waals surface area contributed by atoms with Crippen molar-refractivity contribution in [1.29, 1.82) is 0 Å². The van der Waals surface area contributed by atoms with Gasteiger partial charge in [-0.15, -0.1) is 0 Å². The number of carbonyl (C=O) groups excluding carboxylic acids is 2. The van der Waals surface area contributed by atoms with Crippen LogP contribution in [0.15, 0.2) is 29.2 Å². The number of amides is 2. The van der Waals surface area contributed by atoms with E-state index in [0.29, 0.717) is 18.7 Å². The number of nitrogens with zero attached hydrogens (tertiary/aromatic N) is 2. The summed E-state index contributed by atoms with van der Waals surface area (Å²) in [6, 6.07) is 6.89. The molecule has 1 aliphatic rings. The van der Waals surface area contributed by atoms with Crippen molar-refractivity contribution >= 4 is 21.8 Å². The Morgan fingerprint density at radius 1 is 1.16 bits per heavy atom. The summed E-state index contributed by atoms with van der Waals surface area (Å²) < 4.78 is 26.2. The molecule has 0 radical (unpaired) electrons. The van der Waals surface area contributed by atoms with Gasteiger partial charge >= 0.3 is 0 Å². The molecule has 2 atom stereocenters. The van der Waals surface area contributed by atoms with E-state index in [1.165, 1.54) is 14.1 Å². The van der Waals surface area contributed by atoms with Crippen LogP contribution in [-0.2, 0) is 26.2 Å². The van der Waals surface area contributed by atoms with Crippen LogP contribution in [0.3, 0.4) is 0 Å². The summed E-state index contributed by atoms with van der Waals surface area (Å²) in [6.45, 7) is 5.71. The second-order valence-electron chi connectivity index (χ2n) is 8.37. The van der Waals surface area contributed by atoms with Gasteiger partial charge in [0.1, 0.15) is 0 Å². The van der Waals surface area contributed by atoms with Gasteiger partial charge in [-0.2, -0.15) is 0 Å². The van der Waals surface area contributed by atoms with Gasteiger partial charge in [0.25, 0.3) is 0 Å². The smallest absolute Gasteiger partial charge is 0.242 e. The minimum atomic E-state index is -3.59. The number of unbranched alkanes of at least 4 members (excludes halogenated alkanes) is 1. The van der Waals surface area contributed by atoms with Crippen LogP contribution in [0.4, 0.5) is 0 Å². The molecule has 0 aliphatic carbocycles. The fourth-order valence-electron chi connectivity index (χ4n) is 3.68. The first-order chi connectivity index (χ1) is 14.7. The number of benzene rings is 1. The van der Waals surface area contributed by atoms with E-state index < -0.39 is 10.0 Å². The zero-order chi connectivity index (χ0) is 23.0. The number of likely N-dealkylation sites (tertiary alicyclic amines) is 1. The highest BCUT2D eigenvalue weighted by atomic mass is 32.2. The minimum Gasteiger partial charge on any atom is -0.356 e. The summed E-state index contributed by atoms with van der Waals surface area (Å²) >= 11 is 0. The Labute approximate surface area is 186 Å². The normalized spacial score (nSPS) is 19.9. The number of nitrogens with one attached hydrogen (secondary N) is 2. The minimum absolute atomic E-state index is 0.0635. The van der Waals surface area contributed by atoms with Gasteiger partial charge in [0.2, 0.25) is 21.8 Å². The van der Waals surface area contributed by atoms with Gasteiger partial charge in [-0.05, 0) is 37.8 Å². The molecule has 9 heteroatoms. The lowest BCUT2D eigenvalue weighted by Gasteiger charge is -2.36. The quantitative estimate of drug-likeness (QED) is 0.525. The van der Waals surface area contributed by atoms with E-state index in [9.17, 15) is 18.0 Å². The monoisotopic (exact) mass is 452 g/mol. The molecule has 8 nitrogen and oxygen atoms in total. The van der Waals surface area contributed by atoms with Crippen LogP contribution >= 0.6 is 0 Å². The average Bonchev–Trinajstić information content (AvgIpc) is 2.74. The van der Waals surface area contributed by atoms with Crippen LogP contribution in [0, 0.1) is 5.92 Å². The third-order valence-corrected chi connectivity index (χ3v) is 7.68. The molecule has 1 aromatic carbocycles. The topological polar surface area (TPSA) is 98.8 Å². The number of piperidine rings is 1. The lowest BCUT2D eigenvalue weighted by atomic mass is 9.92. The number of rotatable bonds is 10. The maximum absolute atomic E-state index is 12.6. The van der Waals surface area contributed by atoms with Crippen molar-refractivity contribution in [3.63, 3.8) is 0 Å². The molecule has 0 saturated carbocycles. The number of sulfonamides is 1. The molecular formula is C22H36N4O4S. The van der Waals surface area contributed by atoms with Gasteiger partial charge in [-0.1, -0.05) is 31.5 Å². The van der Waals surface area contributed by atoms with Crippen LogP contribution in [0.5, 0.6) is 0 Å². The Bertz CT molecular complexity index is 857. The van der Waals surface area contributed by atoms with Crippen LogP contribution in [-0.4, -0.2) is 69.2 Å². The largest absolute Gasteiger partial charge is 0.356 e. The number of hydrogen-bond acceptors (Lipinski definition) is 5. The zero-order valence-corrected chi connectivity index (χ0v) is 19.9. The Morgan fingerprint density at radius 3 is 2.55 bits per heavy atom. The summed E-state index contributed by atoms with van der Waals surface area (Å²) in [5.41, 5.74) is 0.546. The first-order valence-electron chi connectivity index (χ1n) is 11.0. The second-order valence-corrected chi connectivity index (χ2v) is 10.5. The Hall–Kier alpha value is -1.97. The van der Waals surface area contributed by atoms with Crippen molar-refractivity contribution in [3.8, 4) is 0 Å². The van der Waals surface area contributed by atoms with E-state index >= 15 is 0 Å². The van der Waals surface area contributed by atoms with Gasteiger partial charge in [0, 0.05) is 39.8 Å². The summed E-state index contributed by atoms with van der Waals surface area (Å²) in [5.74, 6) is -0.226. The summed E-state index contributed by atoms with van der Waals surface area (Å²) in [6.07, 6.45) is 3.69. The van der Waals surface area contributed by atoms with Crippen molar-refractivity contribution in [3.05, 3.63) is 29.8 Å². The Balaban J connectivity index is 1.95. The summed E-state index contributed by atoms with van der Waals surface area (Å²) in [5, 5.41) is 5.83. The standard InChI is InChI=1S/C22H36N4O4S/c1-5-6-13-23-22(28)19-12-11-17(2)26(15-19)16-21(27)24-14-18-9-7-8-10-20(18)31(29,30)25(3)4/h7-10,17,19H,5-6,11-16H2,1-4H3,(H,23,28)(H,24,27). The lowest BCUT2D eigenvalue weighted by molar-refractivity contribution is -0.130. The molecule has 174 valence electrons.